The predicted molar refractivity (Wildman–Crippen MR) is 263 cm³/mol. The van der Waals surface area contributed by atoms with E-state index in [2.05, 4.69) is 251 Å². The van der Waals surface area contributed by atoms with Gasteiger partial charge in [-0.15, -0.1) is 0 Å². The summed E-state index contributed by atoms with van der Waals surface area (Å²) in [6.45, 7) is 0. The number of aromatic nitrogens is 1. The van der Waals surface area contributed by atoms with Crippen LogP contribution in [0.15, 0.2) is 242 Å². The zero-order valence-corrected chi connectivity index (χ0v) is 34.5. The van der Waals surface area contributed by atoms with Crippen molar-refractivity contribution in [3.63, 3.8) is 0 Å². The zero-order chi connectivity index (χ0) is 41.4. The summed E-state index contributed by atoms with van der Waals surface area (Å²) in [5.74, 6) is 0.223. The zero-order valence-electron chi connectivity index (χ0n) is 34.5. The largest absolute Gasteiger partial charge is 0.332 e. The molecule has 10 aromatic rings. The molecule has 9 aromatic carbocycles. The van der Waals surface area contributed by atoms with Gasteiger partial charge in [0.15, 0.2) is 0 Å². The van der Waals surface area contributed by atoms with E-state index in [4.69, 9.17) is 0 Å². The van der Waals surface area contributed by atoms with Gasteiger partial charge in [-0.3, -0.25) is 0 Å². The molecule has 13 rings (SSSR count). The van der Waals surface area contributed by atoms with Gasteiger partial charge in [0.1, 0.15) is 0 Å². The lowest BCUT2D eigenvalue weighted by Crippen LogP contribution is -2.29. The highest BCUT2D eigenvalue weighted by molar-refractivity contribution is 6.09. The fraction of sp³-hybridized carbons (Fsp3) is 0.0333. The lowest BCUT2D eigenvalue weighted by molar-refractivity contribution is 0.772. The van der Waals surface area contributed by atoms with Crippen LogP contribution in [0.3, 0.4) is 0 Å². The number of nitrogens with zero attached hydrogens (tertiary/aromatic N) is 3. The van der Waals surface area contributed by atoms with Gasteiger partial charge in [0.05, 0.1) is 17.1 Å². The molecular formula is C60H41N3. The van der Waals surface area contributed by atoms with E-state index >= 15 is 0 Å². The van der Waals surface area contributed by atoms with Crippen LogP contribution in [-0.4, -0.2) is 10.6 Å². The second-order valence-electron chi connectivity index (χ2n) is 16.9. The quantitative estimate of drug-likeness (QED) is 0.159. The lowest BCUT2D eigenvalue weighted by Gasteiger charge is -2.32. The third-order valence-corrected chi connectivity index (χ3v) is 13.5. The number of hydrogen-bond acceptors (Lipinski definition) is 2. The Bertz CT molecular complexity index is 3380. The summed E-state index contributed by atoms with van der Waals surface area (Å²) >= 11 is 0. The molecule has 0 bridgehead atoms. The monoisotopic (exact) mass is 803 g/mol. The van der Waals surface area contributed by atoms with E-state index in [0.29, 0.717) is 0 Å². The van der Waals surface area contributed by atoms with E-state index in [1.807, 2.05) is 0 Å². The van der Waals surface area contributed by atoms with E-state index in [1.54, 1.807) is 0 Å². The molecule has 3 aliphatic rings. The normalized spacial score (nSPS) is 15.8. The minimum absolute atomic E-state index is 0.223. The number of allylic oxidation sites excluding steroid dienone is 1. The van der Waals surface area contributed by atoms with Gasteiger partial charge in [-0.2, -0.15) is 0 Å². The lowest BCUT2D eigenvalue weighted by atomic mass is 9.83. The average Bonchev–Trinajstić information content (AvgIpc) is 4.00. The van der Waals surface area contributed by atoms with E-state index < -0.39 is 0 Å². The molecule has 0 fully saturated rings. The second-order valence-corrected chi connectivity index (χ2v) is 16.9. The molecule has 296 valence electrons. The highest BCUT2D eigenvalue weighted by Crippen LogP contribution is 2.59. The number of benzene rings is 9. The second kappa shape index (κ2) is 14.2. The molecule has 1 aromatic heterocycles. The predicted octanol–water partition coefficient (Wildman–Crippen LogP) is 15.5. The summed E-state index contributed by atoms with van der Waals surface area (Å²) in [7, 11) is 0. The molecule has 0 saturated heterocycles. The minimum Gasteiger partial charge on any atom is -0.332 e. The molecule has 3 heteroatoms. The number of rotatable bonds is 7. The van der Waals surface area contributed by atoms with Crippen LogP contribution in [0, 0.1) is 0 Å². The van der Waals surface area contributed by atoms with Crippen LogP contribution in [0.4, 0.5) is 22.7 Å². The smallest absolute Gasteiger partial charge is 0.0704 e. The Balaban J connectivity index is 0.886. The van der Waals surface area contributed by atoms with Crippen molar-refractivity contribution in [2.45, 2.75) is 12.0 Å². The number of hydrogen-bond donors (Lipinski definition) is 0. The molecule has 3 nitrogen and oxygen atoms in total. The first kappa shape index (κ1) is 35.6. The Morgan fingerprint density at radius 2 is 0.841 bits per heavy atom. The molecular weight excluding hydrogens is 763 g/mol. The molecule has 63 heavy (non-hydrogen) atoms. The number of para-hydroxylation sites is 4. The maximum absolute atomic E-state index is 2.57. The van der Waals surface area contributed by atoms with Crippen molar-refractivity contribution in [2.24, 2.45) is 0 Å². The van der Waals surface area contributed by atoms with Crippen LogP contribution in [0.1, 0.15) is 17.0 Å². The molecule has 1 aliphatic carbocycles. The molecule has 0 saturated carbocycles. The standard InChI is InChI=1S/C60H41N3/c1-2-12-40(13-3-1)41-22-24-42(25-23-41)43-26-32-46(33-27-43)61(49-38-54-52-16-6-10-20-58(52)63-59-21-11-7-17-53(59)55(39-49)60(54)63)47-34-28-44(29-35-47)45-30-36-48(37-31-45)62-56-18-8-4-14-50(56)51-15-5-9-19-57(51)62/h1-39,54,60H. The van der Waals surface area contributed by atoms with Crippen LogP contribution < -0.4 is 9.80 Å². The van der Waals surface area contributed by atoms with Crippen molar-refractivity contribution in [2.75, 3.05) is 9.80 Å². The van der Waals surface area contributed by atoms with Crippen LogP contribution in [0.2, 0.25) is 0 Å². The van der Waals surface area contributed by atoms with Gasteiger partial charge in [-0.05, 0) is 111 Å². The fourth-order valence-electron chi connectivity index (χ4n) is 10.6. The van der Waals surface area contributed by atoms with Crippen LogP contribution in [0.5, 0.6) is 0 Å². The van der Waals surface area contributed by atoms with Crippen molar-refractivity contribution in [3.8, 4) is 39.1 Å². The molecule has 2 atom stereocenters. The first-order valence-corrected chi connectivity index (χ1v) is 21.9. The summed E-state index contributed by atoms with van der Waals surface area (Å²) in [4.78, 5) is 5.02. The Morgan fingerprint density at radius 1 is 0.381 bits per heavy atom. The molecule has 0 spiro atoms. The van der Waals surface area contributed by atoms with Gasteiger partial charge in [0.2, 0.25) is 0 Å². The van der Waals surface area contributed by atoms with Crippen LogP contribution in [0.25, 0.3) is 66.4 Å². The number of anilines is 4. The van der Waals surface area contributed by atoms with Crippen LogP contribution >= 0.6 is 0 Å². The molecule has 2 aliphatic heterocycles. The third-order valence-electron chi connectivity index (χ3n) is 13.5. The maximum Gasteiger partial charge on any atom is 0.0704 e. The fourth-order valence-corrected chi connectivity index (χ4v) is 10.6. The molecule has 0 amide bonds. The molecule has 0 radical (unpaired) electrons. The van der Waals surface area contributed by atoms with Crippen molar-refractivity contribution in [3.05, 3.63) is 253 Å². The molecule has 3 heterocycles. The van der Waals surface area contributed by atoms with Crippen molar-refractivity contribution in [1.82, 2.24) is 4.57 Å². The summed E-state index contributed by atoms with van der Waals surface area (Å²) in [5.41, 5.74) is 20.9. The van der Waals surface area contributed by atoms with Gasteiger partial charge < -0.3 is 14.4 Å². The van der Waals surface area contributed by atoms with Crippen molar-refractivity contribution in [1.29, 1.82) is 0 Å². The summed E-state index contributed by atoms with van der Waals surface area (Å²) < 4.78 is 2.38. The summed E-state index contributed by atoms with van der Waals surface area (Å²) in [6.07, 6.45) is 4.96. The number of fused-ring (bicyclic) bond motifs is 9. The first-order valence-electron chi connectivity index (χ1n) is 21.9. The highest BCUT2D eigenvalue weighted by atomic mass is 15.2. The van der Waals surface area contributed by atoms with E-state index in [0.717, 1.165) is 17.1 Å². The Labute approximate surface area is 367 Å². The van der Waals surface area contributed by atoms with Gasteiger partial charge in [-0.1, -0.05) is 170 Å². The minimum atomic E-state index is 0.223. The van der Waals surface area contributed by atoms with Gasteiger partial charge in [-0.25, -0.2) is 0 Å². The Morgan fingerprint density at radius 3 is 1.44 bits per heavy atom. The van der Waals surface area contributed by atoms with E-state index in [9.17, 15) is 0 Å². The van der Waals surface area contributed by atoms with E-state index in [1.165, 1.54) is 89.0 Å². The van der Waals surface area contributed by atoms with Crippen molar-refractivity contribution >= 4 is 50.1 Å². The SMILES string of the molecule is C1=C2c3ccccc3N3c4ccccc4C(C=C1N(c1ccc(-c4ccc(-c5ccccc5)cc4)cc1)c1ccc(-c4ccc(-n5c6ccccc6c6ccccc65)cc4)cc1)C23. The Hall–Kier alpha value is -8.14. The summed E-state index contributed by atoms with van der Waals surface area (Å²) in [6, 6.07) is 82.3. The maximum atomic E-state index is 2.57. The van der Waals surface area contributed by atoms with E-state index in [-0.39, 0.29) is 12.0 Å². The molecule has 0 N–H and O–H groups in total. The summed E-state index contributed by atoms with van der Waals surface area (Å²) in [5, 5.41) is 2.55. The van der Waals surface area contributed by atoms with Gasteiger partial charge >= 0.3 is 0 Å². The molecule has 2 unspecified atom stereocenters. The Kier molecular flexibility index (Phi) is 8.04. The average molecular weight is 804 g/mol. The highest BCUT2D eigenvalue weighted by Gasteiger charge is 2.48. The van der Waals surface area contributed by atoms with Crippen LogP contribution in [-0.2, 0) is 0 Å². The van der Waals surface area contributed by atoms with Crippen molar-refractivity contribution < 1.29 is 0 Å². The third kappa shape index (κ3) is 5.67. The van der Waals surface area contributed by atoms with Gasteiger partial charge in [0.25, 0.3) is 0 Å². The van der Waals surface area contributed by atoms with Gasteiger partial charge in [0, 0.05) is 56.4 Å². The first-order chi connectivity index (χ1) is 31.2. The topological polar surface area (TPSA) is 11.4 Å².